The summed E-state index contributed by atoms with van der Waals surface area (Å²) >= 11 is 6.03. The Morgan fingerprint density at radius 3 is 2.62 bits per heavy atom. The summed E-state index contributed by atoms with van der Waals surface area (Å²) in [5.74, 6) is -0.316. The Labute approximate surface area is 131 Å². The molecule has 3 rings (SSSR count). The monoisotopic (exact) mass is 311 g/mol. The summed E-state index contributed by atoms with van der Waals surface area (Å²) in [6, 6.07) is 0. The van der Waals surface area contributed by atoms with Crippen molar-refractivity contribution in [1.82, 2.24) is 4.90 Å². The first-order valence-electron chi connectivity index (χ1n) is 8.20. The Balaban J connectivity index is 1.52. The number of piperidine rings is 1. The molecule has 0 spiro atoms. The smallest absolute Gasteiger partial charge is 0.233 e. The van der Waals surface area contributed by atoms with Gasteiger partial charge in [-0.3, -0.25) is 14.5 Å². The van der Waals surface area contributed by atoms with E-state index in [1.807, 2.05) is 6.08 Å². The van der Waals surface area contributed by atoms with Gasteiger partial charge < -0.3 is 4.90 Å². The third-order valence-electron chi connectivity index (χ3n) is 5.13. The second kappa shape index (κ2) is 6.49. The molecule has 1 aliphatic carbocycles. The van der Waals surface area contributed by atoms with Crippen LogP contribution in [0.4, 0.5) is 0 Å². The molecule has 1 N–H and O–H groups in total. The van der Waals surface area contributed by atoms with E-state index in [2.05, 4.69) is 0 Å². The van der Waals surface area contributed by atoms with Crippen molar-refractivity contribution < 1.29 is 14.5 Å². The third kappa shape index (κ3) is 3.16. The van der Waals surface area contributed by atoms with Crippen molar-refractivity contribution in [1.29, 1.82) is 0 Å². The largest absolute Gasteiger partial charge is 0.335 e. The number of likely N-dealkylation sites (tertiary alicyclic amines) is 2. The summed E-state index contributed by atoms with van der Waals surface area (Å²) in [4.78, 5) is 27.9. The SMILES string of the molecule is O=C1[C@H]2CC=C(Cl)C[C@@H]2C(=O)N1CCC[NH+]1CCCCC1. The molecule has 0 bridgehead atoms. The number of nitrogens with one attached hydrogen (secondary N) is 1. The first kappa shape index (κ1) is 15.0. The van der Waals surface area contributed by atoms with Crippen LogP contribution in [0.5, 0.6) is 0 Å². The van der Waals surface area contributed by atoms with E-state index < -0.39 is 0 Å². The summed E-state index contributed by atoms with van der Waals surface area (Å²) < 4.78 is 0. The lowest BCUT2D eigenvalue weighted by molar-refractivity contribution is -0.905. The molecular formula is C16H24ClN2O2+. The van der Waals surface area contributed by atoms with Gasteiger partial charge in [-0.15, -0.1) is 0 Å². The molecule has 116 valence electrons. The van der Waals surface area contributed by atoms with Gasteiger partial charge in [0.15, 0.2) is 0 Å². The van der Waals surface area contributed by atoms with Crippen LogP contribution < -0.4 is 4.90 Å². The van der Waals surface area contributed by atoms with Gasteiger partial charge in [-0.25, -0.2) is 0 Å². The van der Waals surface area contributed by atoms with E-state index in [0.29, 0.717) is 19.4 Å². The molecule has 0 aromatic heterocycles. The highest BCUT2D eigenvalue weighted by Gasteiger charge is 2.47. The fraction of sp³-hybridized carbons (Fsp3) is 0.750. The summed E-state index contributed by atoms with van der Waals surface area (Å²) in [7, 11) is 0. The number of carbonyl (C=O) groups is 2. The summed E-state index contributed by atoms with van der Waals surface area (Å²) in [5.41, 5.74) is 0. The first-order valence-corrected chi connectivity index (χ1v) is 8.58. The Morgan fingerprint density at radius 1 is 1.14 bits per heavy atom. The Kier molecular flexibility index (Phi) is 4.65. The van der Waals surface area contributed by atoms with E-state index >= 15 is 0 Å². The van der Waals surface area contributed by atoms with Gasteiger partial charge in [0.05, 0.1) is 31.5 Å². The second-order valence-electron chi connectivity index (χ2n) is 6.55. The number of amides is 2. The molecule has 2 heterocycles. The molecule has 2 aliphatic heterocycles. The number of imide groups is 1. The number of hydrogen-bond donors (Lipinski definition) is 1. The fourth-order valence-electron chi connectivity index (χ4n) is 3.91. The van der Waals surface area contributed by atoms with Crippen molar-refractivity contribution in [2.45, 2.75) is 38.5 Å². The number of nitrogens with zero attached hydrogens (tertiary/aromatic N) is 1. The number of quaternary nitrogens is 1. The van der Waals surface area contributed by atoms with Crippen LogP contribution >= 0.6 is 11.6 Å². The molecule has 2 fully saturated rings. The predicted molar refractivity (Wildman–Crippen MR) is 80.9 cm³/mol. The van der Waals surface area contributed by atoms with E-state index in [1.54, 1.807) is 4.90 Å². The van der Waals surface area contributed by atoms with Gasteiger partial charge in [-0.1, -0.05) is 17.7 Å². The number of rotatable bonds is 4. The summed E-state index contributed by atoms with van der Waals surface area (Å²) in [6.07, 6.45) is 7.97. The molecular weight excluding hydrogens is 288 g/mol. The van der Waals surface area contributed by atoms with Gasteiger partial charge in [0.1, 0.15) is 0 Å². The minimum Gasteiger partial charge on any atom is -0.335 e. The van der Waals surface area contributed by atoms with E-state index in [0.717, 1.165) is 18.0 Å². The third-order valence-corrected chi connectivity index (χ3v) is 5.44. The fourth-order valence-corrected chi connectivity index (χ4v) is 4.16. The second-order valence-corrected chi connectivity index (χ2v) is 7.03. The molecule has 0 radical (unpaired) electrons. The average Bonchev–Trinajstić information content (AvgIpc) is 2.73. The highest BCUT2D eigenvalue weighted by molar-refractivity contribution is 6.30. The topological polar surface area (TPSA) is 41.8 Å². The van der Waals surface area contributed by atoms with Crippen molar-refractivity contribution >= 4 is 23.4 Å². The zero-order chi connectivity index (χ0) is 14.8. The van der Waals surface area contributed by atoms with Gasteiger partial charge in [0, 0.05) is 18.0 Å². The van der Waals surface area contributed by atoms with Crippen molar-refractivity contribution in [3.05, 3.63) is 11.1 Å². The Morgan fingerprint density at radius 2 is 1.86 bits per heavy atom. The van der Waals surface area contributed by atoms with Crippen LogP contribution in [0.3, 0.4) is 0 Å². The molecule has 2 saturated heterocycles. The van der Waals surface area contributed by atoms with Crippen LogP contribution in [0.2, 0.25) is 0 Å². The molecule has 3 aliphatic rings. The maximum Gasteiger partial charge on any atom is 0.233 e. The highest BCUT2D eigenvalue weighted by Crippen LogP contribution is 2.38. The summed E-state index contributed by atoms with van der Waals surface area (Å²) in [6.45, 7) is 4.15. The number of fused-ring (bicyclic) bond motifs is 1. The number of allylic oxidation sites excluding steroid dienone is 2. The van der Waals surface area contributed by atoms with E-state index in [9.17, 15) is 9.59 Å². The summed E-state index contributed by atoms with van der Waals surface area (Å²) in [5, 5.41) is 0.733. The quantitative estimate of drug-likeness (QED) is 0.786. The maximum absolute atomic E-state index is 12.4. The van der Waals surface area contributed by atoms with E-state index in [1.165, 1.54) is 37.3 Å². The van der Waals surface area contributed by atoms with Crippen LogP contribution in [0.25, 0.3) is 0 Å². The maximum atomic E-state index is 12.4. The van der Waals surface area contributed by atoms with Crippen molar-refractivity contribution in [2.24, 2.45) is 11.8 Å². The van der Waals surface area contributed by atoms with Crippen LogP contribution in [0, 0.1) is 11.8 Å². The van der Waals surface area contributed by atoms with Crippen molar-refractivity contribution in [3.8, 4) is 0 Å². The van der Waals surface area contributed by atoms with Crippen LogP contribution in [0.15, 0.2) is 11.1 Å². The van der Waals surface area contributed by atoms with Crippen LogP contribution in [-0.2, 0) is 9.59 Å². The molecule has 2 amide bonds. The Hall–Kier alpha value is -0.870. The molecule has 4 nitrogen and oxygen atoms in total. The van der Waals surface area contributed by atoms with Crippen molar-refractivity contribution in [2.75, 3.05) is 26.2 Å². The normalized spacial score (nSPS) is 30.5. The van der Waals surface area contributed by atoms with E-state index in [4.69, 9.17) is 11.6 Å². The van der Waals surface area contributed by atoms with Gasteiger partial charge in [0.2, 0.25) is 11.8 Å². The highest BCUT2D eigenvalue weighted by atomic mass is 35.5. The number of halogens is 1. The lowest BCUT2D eigenvalue weighted by atomic mass is 9.85. The minimum atomic E-state index is -0.197. The molecule has 21 heavy (non-hydrogen) atoms. The minimum absolute atomic E-state index is 0.00453. The van der Waals surface area contributed by atoms with E-state index in [-0.39, 0.29) is 23.7 Å². The zero-order valence-electron chi connectivity index (χ0n) is 12.4. The van der Waals surface area contributed by atoms with Gasteiger partial charge in [-0.2, -0.15) is 0 Å². The lowest BCUT2D eigenvalue weighted by Gasteiger charge is -2.24. The molecule has 0 saturated carbocycles. The molecule has 0 unspecified atom stereocenters. The van der Waals surface area contributed by atoms with Crippen LogP contribution in [-0.4, -0.2) is 42.9 Å². The van der Waals surface area contributed by atoms with Gasteiger partial charge >= 0.3 is 0 Å². The molecule has 5 heteroatoms. The van der Waals surface area contributed by atoms with Gasteiger partial charge in [-0.05, 0) is 32.1 Å². The molecule has 0 aromatic rings. The molecule has 2 atom stereocenters. The molecule has 0 aromatic carbocycles. The first-order chi connectivity index (χ1) is 10.2. The average molecular weight is 312 g/mol. The predicted octanol–water partition coefficient (Wildman–Crippen LogP) is 0.963. The van der Waals surface area contributed by atoms with Gasteiger partial charge in [0.25, 0.3) is 0 Å². The standard InChI is InChI=1S/C16H23ClN2O2/c17-12-5-6-13-14(11-12)16(21)19(15(13)20)10-4-9-18-7-2-1-3-8-18/h5,13-14H,1-4,6-11H2/p+1/t13-,14-/m0/s1. The van der Waals surface area contributed by atoms with Crippen LogP contribution in [0.1, 0.15) is 38.5 Å². The number of hydrogen-bond acceptors (Lipinski definition) is 2. The lowest BCUT2D eigenvalue weighted by Crippen LogP contribution is -3.12. The van der Waals surface area contributed by atoms with Crippen molar-refractivity contribution in [3.63, 3.8) is 0 Å². The number of carbonyl (C=O) groups excluding carboxylic acids is 2. The Bertz CT molecular complexity index is 457. The zero-order valence-corrected chi connectivity index (χ0v) is 13.2.